The van der Waals surface area contributed by atoms with Gasteiger partial charge in [0.25, 0.3) is 0 Å². The second kappa shape index (κ2) is 9.90. The first-order valence-electron chi connectivity index (χ1n) is 10.3. The van der Waals surface area contributed by atoms with E-state index in [4.69, 9.17) is 5.26 Å². The van der Waals surface area contributed by atoms with Crippen LogP contribution in [0.1, 0.15) is 27.8 Å². The van der Waals surface area contributed by atoms with Crippen molar-refractivity contribution in [1.29, 1.82) is 10.5 Å². The zero-order valence-electron chi connectivity index (χ0n) is 17.4. The summed E-state index contributed by atoms with van der Waals surface area (Å²) < 4.78 is 0. The Morgan fingerprint density at radius 3 is 1.16 bits per heavy atom. The van der Waals surface area contributed by atoms with E-state index in [0.717, 1.165) is 39.0 Å². The van der Waals surface area contributed by atoms with Gasteiger partial charge in [-0.2, -0.15) is 10.5 Å². The predicted molar refractivity (Wildman–Crippen MR) is 130 cm³/mol. The molecule has 0 heterocycles. The first-order valence-corrected chi connectivity index (χ1v) is 10.3. The molecule has 0 atom stereocenters. The van der Waals surface area contributed by atoms with Gasteiger partial charge in [-0.1, -0.05) is 115 Å². The van der Waals surface area contributed by atoms with Crippen LogP contribution in [0.25, 0.3) is 16.7 Å². The number of benzene rings is 4. The molecular weight excluding hydrogens is 388 g/mol. The van der Waals surface area contributed by atoms with Gasteiger partial charge < -0.3 is 0 Å². The van der Waals surface area contributed by atoms with E-state index in [-0.39, 0.29) is 0 Å². The Balaban J connectivity index is 2.00. The molecule has 4 aromatic carbocycles. The fraction of sp³-hybridized carbons (Fsp3) is 0. The smallest absolute Gasteiger partial charge is 0.101 e. The van der Waals surface area contributed by atoms with Gasteiger partial charge in [0.15, 0.2) is 0 Å². The van der Waals surface area contributed by atoms with E-state index in [0.29, 0.717) is 5.57 Å². The van der Waals surface area contributed by atoms with Crippen LogP contribution in [-0.4, -0.2) is 0 Å². The molecule has 0 bridgehead atoms. The molecule has 0 spiro atoms. The minimum atomic E-state index is 0.357. The molecule has 0 saturated heterocycles. The molecule has 0 aromatic heterocycles. The standard InChI is InChI=1S/C30H20N2/c31-21-20-28(22-32)23-16-18-27(19-17-23)30(26-14-8-3-9-15-26)29(24-10-4-1-5-11-24)25-12-6-2-7-13-25/h1-20H/b28-20+. The monoisotopic (exact) mass is 408 g/mol. The minimum Gasteiger partial charge on any atom is -0.193 e. The van der Waals surface area contributed by atoms with Crippen molar-refractivity contribution >= 4 is 16.7 Å². The quantitative estimate of drug-likeness (QED) is 0.261. The number of nitrogens with zero attached hydrogens (tertiary/aromatic N) is 2. The number of allylic oxidation sites excluding steroid dienone is 2. The van der Waals surface area contributed by atoms with Crippen molar-refractivity contribution < 1.29 is 0 Å². The maximum atomic E-state index is 9.37. The van der Waals surface area contributed by atoms with Crippen molar-refractivity contribution in [1.82, 2.24) is 0 Å². The maximum absolute atomic E-state index is 9.37. The molecule has 4 rings (SSSR count). The fourth-order valence-electron chi connectivity index (χ4n) is 3.79. The lowest BCUT2D eigenvalue weighted by atomic mass is 9.85. The summed E-state index contributed by atoms with van der Waals surface area (Å²) in [4.78, 5) is 0. The molecule has 4 aromatic rings. The molecule has 0 fully saturated rings. The highest BCUT2D eigenvalue weighted by molar-refractivity contribution is 6.04. The molecular formula is C30H20N2. The maximum Gasteiger partial charge on any atom is 0.101 e. The SMILES string of the molecule is N#C/C=C(\C#N)c1ccc(C(=C(c2ccccc2)c2ccccc2)c2ccccc2)cc1. The van der Waals surface area contributed by atoms with Gasteiger partial charge >= 0.3 is 0 Å². The van der Waals surface area contributed by atoms with Crippen LogP contribution in [0.15, 0.2) is 121 Å². The normalized spacial score (nSPS) is 10.6. The van der Waals surface area contributed by atoms with Crippen LogP contribution < -0.4 is 0 Å². The summed E-state index contributed by atoms with van der Waals surface area (Å²) in [7, 11) is 0. The van der Waals surface area contributed by atoms with Crippen LogP contribution in [0.2, 0.25) is 0 Å². The molecule has 0 aliphatic rings. The van der Waals surface area contributed by atoms with E-state index < -0.39 is 0 Å². The third-order valence-corrected chi connectivity index (χ3v) is 5.25. The molecule has 0 aliphatic carbocycles. The highest BCUT2D eigenvalue weighted by atomic mass is 14.3. The molecule has 0 N–H and O–H groups in total. The highest BCUT2D eigenvalue weighted by Crippen LogP contribution is 2.37. The molecule has 150 valence electrons. The van der Waals surface area contributed by atoms with Gasteiger partial charge in [0.1, 0.15) is 6.07 Å². The lowest BCUT2D eigenvalue weighted by molar-refractivity contribution is 1.48. The van der Waals surface area contributed by atoms with E-state index >= 15 is 0 Å². The average Bonchev–Trinajstić information content (AvgIpc) is 2.87. The summed E-state index contributed by atoms with van der Waals surface area (Å²) in [6.45, 7) is 0. The van der Waals surface area contributed by atoms with E-state index in [1.807, 2.05) is 60.7 Å². The first kappa shape index (κ1) is 20.6. The molecule has 0 aliphatic heterocycles. The minimum absolute atomic E-state index is 0.357. The van der Waals surface area contributed by atoms with Crippen molar-refractivity contribution in [2.75, 3.05) is 0 Å². The zero-order chi connectivity index (χ0) is 22.2. The predicted octanol–water partition coefficient (Wildman–Crippen LogP) is 7.12. The Morgan fingerprint density at radius 2 is 0.812 bits per heavy atom. The molecule has 2 nitrogen and oxygen atoms in total. The van der Waals surface area contributed by atoms with Gasteiger partial charge in [-0.15, -0.1) is 0 Å². The summed E-state index contributed by atoms with van der Waals surface area (Å²) in [6, 6.07) is 43.0. The van der Waals surface area contributed by atoms with Gasteiger partial charge in [0.05, 0.1) is 11.6 Å². The van der Waals surface area contributed by atoms with Gasteiger partial charge in [0, 0.05) is 6.08 Å². The van der Waals surface area contributed by atoms with Crippen LogP contribution in [0.3, 0.4) is 0 Å². The Morgan fingerprint density at radius 1 is 0.469 bits per heavy atom. The molecule has 0 amide bonds. The lowest BCUT2D eigenvalue weighted by Gasteiger charge is -2.18. The van der Waals surface area contributed by atoms with Crippen molar-refractivity contribution in [2.24, 2.45) is 0 Å². The summed E-state index contributed by atoms with van der Waals surface area (Å²) >= 11 is 0. The van der Waals surface area contributed by atoms with Crippen molar-refractivity contribution in [2.45, 2.75) is 0 Å². The van der Waals surface area contributed by atoms with Crippen LogP contribution in [0.5, 0.6) is 0 Å². The van der Waals surface area contributed by atoms with Crippen LogP contribution >= 0.6 is 0 Å². The van der Waals surface area contributed by atoms with E-state index in [1.54, 1.807) is 0 Å². The average molecular weight is 409 g/mol. The zero-order valence-corrected chi connectivity index (χ0v) is 17.4. The van der Waals surface area contributed by atoms with Gasteiger partial charge in [0.2, 0.25) is 0 Å². The Kier molecular flexibility index (Phi) is 6.37. The van der Waals surface area contributed by atoms with Gasteiger partial charge in [-0.25, -0.2) is 0 Å². The van der Waals surface area contributed by atoms with Gasteiger partial charge in [-0.05, 0) is 39.0 Å². The first-order chi connectivity index (χ1) is 15.8. The topological polar surface area (TPSA) is 47.6 Å². The van der Waals surface area contributed by atoms with Crippen LogP contribution in [-0.2, 0) is 0 Å². The summed E-state index contributed by atoms with van der Waals surface area (Å²) in [5.41, 5.74) is 7.73. The largest absolute Gasteiger partial charge is 0.193 e. The van der Waals surface area contributed by atoms with Crippen molar-refractivity contribution in [3.63, 3.8) is 0 Å². The fourth-order valence-corrected chi connectivity index (χ4v) is 3.79. The lowest BCUT2D eigenvalue weighted by Crippen LogP contribution is -1.97. The van der Waals surface area contributed by atoms with E-state index in [2.05, 4.69) is 66.7 Å². The molecule has 0 unspecified atom stereocenters. The molecule has 32 heavy (non-hydrogen) atoms. The Bertz CT molecular complexity index is 1290. The Labute approximate surface area is 188 Å². The second-order valence-electron chi connectivity index (χ2n) is 7.22. The molecule has 2 heteroatoms. The number of nitriles is 2. The summed E-state index contributed by atoms with van der Waals surface area (Å²) in [6.07, 6.45) is 1.28. The molecule has 0 radical (unpaired) electrons. The number of rotatable bonds is 5. The third-order valence-electron chi connectivity index (χ3n) is 5.25. The number of hydrogen-bond donors (Lipinski definition) is 0. The van der Waals surface area contributed by atoms with Gasteiger partial charge in [-0.3, -0.25) is 0 Å². The second-order valence-corrected chi connectivity index (χ2v) is 7.22. The molecule has 0 saturated carbocycles. The summed E-state index contributed by atoms with van der Waals surface area (Å²) in [5.74, 6) is 0. The Hall–Kier alpha value is -4.66. The van der Waals surface area contributed by atoms with E-state index in [1.165, 1.54) is 6.08 Å². The van der Waals surface area contributed by atoms with Crippen molar-refractivity contribution in [3.05, 3.63) is 149 Å². The van der Waals surface area contributed by atoms with E-state index in [9.17, 15) is 5.26 Å². The van der Waals surface area contributed by atoms with Crippen LogP contribution in [0.4, 0.5) is 0 Å². The third kappa shape index (κ3) is 4.41. The highest BCUT2D eigenvalue weighted by Gasteiger charge is 2.16. The summed E-state index contributed by atoms with van der Waals surface area (Å²) in [5, 5.41) is 18.3. The van der Waals surface area contributed by atoms with Crippen molar-refractivity contribution in [3.8, 4) is 12.1 Å². The van der Waals surface area contributed by atoms with Crippen LogP contribution in [0, 0.1) is 22.7 Å². The number of hydrogen-bond acceptors (Lipinski definition) is 2.